The second-order valence-corrected chi connectivity index (χ2v) is 8.55. The highest BCUT2D eigenvalue weighted by Crippen LogP contribution is 2.30. The van der Waals surface area contributed by atoms with E-state index >= 15 is 0 Å². The molecule has 8 heteroatoms. The molecule has 3 fully saturated rings. The fourth-order valence-corrected chi connectivity index (χ4v) is 4.89. The molecule has 1 aromatic rings. The van der Waals surface area contributed by atoms with E-state index in [1.54, 1.807) is 20.7 Å². The Morgan fingerprint density at radius 2 is 1.89 bits per heavy atom. The van der Waals surface area contributed by atoms with E-state index in [1.165, 1.54) is 25.7 Å². The average Bonchev–Trinajstić information content (AvgIpc) is 3.46. The van der Waals surface area contributed by atoms with Crippen molar-refractivity contribution in [3.05, 3.63) is 11.9 Å². The van der Waals surface area contributed by atoms with Crippen LogP contribution >= 0.6 is 0 Å². The molecule has 2 saturated heterocycles. The van der Waals surface area contributed by atoms with Crippen LogP contribution < -0.4 is 0 Å². The first-order valence-electron chi connectivity index (χ1n) is 10.7. The summed E-state index contributed by atoms with van der Waals surface area (Å²) in [6.07, 6.45) is 9.40. The van der Waals surface area contributed by atoms with Gasteiger partial charge in [-0.3, -0.25) is 9.59 Å². The molecule has 4 rings (SSSR count). The Morgan fingerprint density at radius 3 is 2.64 bits per heavy atom. The number of hydrogen-bond donors (Lipinski definition) is 0. The van der Waals surface area contributed by atoms with Crippen molar-refractivity contribution < 1.29 is 14.0 Å². The summed E-state index contributed by atoms with van der Waals surface area (Å²) in [6, 6.07) is -0.220. The fourth-order valence-electron chi connectivity index (χ4n) is 4.89. The number of likely N-dealkylation sites (tertiary alicyclic amines) is 2. The molecule has 1 aliphatic carbocycles. The highest BCUT2D eigenvalue weighted by Gasteiger charge is 2.36. The lowest BCUT2D eigenvalue weighted by Crippen LogP contribution is -2.38. The largest absolute Gasteiger partial charge is 0.337 e. The van der Waals surface area contributed by atoms with Gasteiger partial charge in [0.25, 0.3) is 5.91 Å². The number of amides is 2. The van der Waals surface area contributed by atoms with E-state index in [9.17, 15) is 14.0 Å². The summed E-state index contributed by atoms with van der Waals surface area (Å²) in [5.41, 5.74) is 0.329. The third kappa shape index (κ3) is 4.36. The van der Waals surface area contributed by atoms with Gasteiger partial charge in [0, 0.05) is 25.9 Å². The van der Waals surface area contributed by atoms with Crippen LogP contribution in [0.2, 0.25) is 0 Å². The van der Waals surface area contributed by atoms with Gasteiger partial charge in [0.1, 0.15) is 6.17 Å². The van der Waals surface area contributed by atoms with Crippen LogP contribution in [0.15, 0.2) is 6.20 Å². The van der Waals surface area contributed by atoms with E-state index in [0.29, 0.717) is 31.0 Å². The molecule has 1 aromatic heterocycles. The Bertz CT molecular complexity index is 697. The molecular weight excluding hydrogens is 361 g/mol. The van der Waals surface area contributed by atoms with Crippen LogP contribution in [0, 0.1) is 5.92 Å². The van der Waals surface area contributed by atoms with Gasteiger partial charge >= 0.3 is 0 Å². The van der Waals surface area contributed by atoms with Crippen LogP contribution in [0.3, 0.4) is 0 Å². The molecule has 2 amide bonds. The molecule has 28 heavy (non-hydrogen) atoms. The van der Waals surface area contributed by atoms with Gasteiger partial charge in [0.05, 0.1) is 25.3 Å². The maximum atomic E-state index is 14.1. The van der Waals surface area contributed by atoms with Crippen molar-refractivity contribution in [3.8, 4) is 0 Å². The second-order valence-electron chi connectivity index (χ2n) is 8.55. The molecule has 2 aliphatic heterocycles. The first kappa shape index (κ1) is 19.3. The van der Waals surface area contributed by atoms with Gasteiger partial charge in [0.2, 0.25) is 5.91 Å². The summed E-state index contributed by atoms with van der Waals surface area (Å²) >= 11 is 0. The highest BCUT2D eigenvalue weighted by atomic mass is 19.1. The summed E-state index contributed by atoms with van der Waals surface area (Å²) in [4.78, 5) is 28.6. The highest BCUT2D eigenvalue weighted by molar-refractivity contribution is 5.92. The summed E-state index contributed by atoms with van der Waals surface area (Å²) in [7, 11) is 0. The number of rotatable bonds is 6. The maximum absolute atomic E-state index is 14.1. The van der Waals surface area contributed by atoms with Crippen LogP contribution in [-0.4, -0.2) is 68.5 Å². The van der Waals surface area contributed by atoms with E-state index in [0.717, 1.165) is 32.4 Å². The number of hydrogen-bond acceptors (Lipinski definition) is 4. The van der Waals surface area contributed by atoms with Crippen LogP contribution in [0.4, 0.5) is 4.39 Å². The van der Waals surface area contributed by atoms with E-state index < -0.39 is 6.17 Å². The minimum absolute atomic E-state index is 0.0468. The van der Waals surface area contributed by atoms with Gasteiger partial charge in [-0.05, 0) is 25.2 Å². The van der Waals surface area contributed by atoms with Crippen LogP contribution in [0.1, 0.15) is 68.3 Å². The molecule has 0 radical (unpaired) electrons. The quantitative estimate of drug-likeness (QED) is 0.747. The van der Waals surface area contributed by atoms with Crippen molar-refractivity contribution in [1.29, 1.82) is 0 Å². The molecule has 154 valence electrons. The monoisotopic (exact) mass is 391 g/mol. The molecule has 0 unspecified atom stereocenters. The van der Waals surface area contributed by atoms with Gasteiger partial charge < -0.3 is 9.80 Å². The lowest BCUT2D eigenvalue weighted by atomic mass is 10.0. The molecule has 0 spiro atoms. The van der Waals surface area contributed by atoms with Gasteiger partial charge in [-0.15, -0.1) is 5.10 Å². The molecule has 0 bridgehead atoms. The summed E-state index contributed by atoms with van der Waals surface area (Å²) in [6.45, 7) is 2.08. The summed E-state index contributed by atoms with van der Waals surface area (Å²) < 4.78 is 15.7. The lowest BCUT2D eigenvalue weighted by molar-refractivity contribution is -0.132. The van der Waals surface area contributed by atoms with Gasteiger partial charge in [-0.1, -0.05) is 30.9 Å². The Morgan fingerprint density at radius 1 is 1.14 bits per heavy atom. The number of nitrogens with zero attached hydrogens (tertiary/aromatic N) is 5. The third-order valence-electron chi connectivity index (χ3n) is 6.47. The van der Waals surface area contributed by atoms with E-state index in [2.05, 4.69) is 10.3 Å². The zero-order valence-corrected chi connectivity index (χ0v) is 16.4. The number of alkyl halides is 1. The first-order chi connectivity index (χ1) is 13.6. The predicted octanol–water partition coefficient (Wildman–Crippen LogP) is 2.42. The topological polar surface area (TPSA) is 71.3 Å². The summed E-state index contributed by atoms with van der Waals surface area (Å²) in [5, 5.41) is 8.06. The molecule has 1 saturated carbocycles. The molecule has 7 nitrogen and oxygen atoms in total. The van der Waals surface area contributed by atoms with Crippen molar-refractivity contribution in [1.82, 2.24) is 24.8 Å². The van der Waals surface area contributed by atoms with E-state index in [-0.39, 0.29) is 24.4 Å². The van der Waals surface area contributed by atoms with E-state index in [4.69, 9.17) is 0 Å². The summed E-state index contributed by atoms with van der Waals surface area (Å²) in [5.74, 6) is 0.606. The fraction of sp³-hybridized carbons (Fsp3) is 0.800. The van der Waals surface area contributed by atoms with Gasteiger partial charge in [0.15, 0.2) is 5.69 Å². The molecule has 0 aromatic carbocycles. The van der Waals surface area contributed by atoms with Crippen LogP contribution in [0.5, 0.6) is 0 Å². The average molecular weight is 391 g/mol. The molecule has 3 heterocycles. The van der Waals surface area contributed by atoms with Crippen molar-refractivity contribution in [2.45, 2.75) is 76.5 Å². The van der Waals surface area contributed by atoms with Gasteiger partial charge in [-0.25, -0.2) is 9.07 Å². The number of carbonyl (C=O) groups is 2. The zero-order chi connectivity index (χ0) is 19.5. The Labute approximate surface area is 165 Å². The SMILES string of the molecule is O=C(c1cn(C[C@@H]2C[C@H](F)CN2C(=O)CCC2CCCC2)nn1)N1CCCC1. The van der Waals surface area contributed by atoms with Crippen molar-refractivity contribution in [2.24, 2.45) is 5.92 Å². The van der Waals surface area contributed by atoms with E-state index in [1.807, 2.05) is 0 Å². The lowest BCUT2D eigenvalue weighted by Gasteiger charge is -2.24. The standard InChI is InChI=1S/C20H30FN5O2/c21-16-11-17(26(12-16)19(27)8-7-15-5-1-2-6-15)13-25-14-18(22-23-25)20(28)24-9-3-4-10-24/h14-17H,1-13H2/t16-,17-/m0/s1. The minimum atomic E-state index is -0.991. The molecule has 2 atom stereocenters. The molecule has 0 N–H and O–H groups in total. The Balaban J connectivity index is 1.34. The molecular formula is C20H30FN5O2. The normalized spacial score (nSPS) is 25.8. The van der Waals surface area contributed by atoms with Crippen LogP contribution in [0.25, 0.3) is 0 Å². The van der Waals surface area contributed by atoms with Crippen LogP contribution in [-0.2, 0) is 11.3 Å². The zero-order valence-electron chi connectivity index (χ0n) is 16.4. The number of halogens is 1. The number of aromatic nitrogens is 3. The van der Waals surface area contributed by atoms with Crippen molar-refractivity contribution >= 4 is 11.8 Å². The Hall–Kier alpha value is -1.99. The first-order valence-corrected chi connectivity index (χ1v) is 10.7. The smallest absolute Gasteiger partial charge is 0.276 e. The van der Waals surface area contributed by atoms with Crippen molar-refractivity contribution in [2.75, 3.05) is 19.6 Å². The minimum Gasteiger partial charge on any atom is -0.337 e. The Kier molecular flexibility index (Phi) is 5.92. The third-order valence-corrected chi connectivity index (χ3v) is 6.47. The van der Waals surface area contributed by atoms with Gasteiger partial charge in [-0.2, -0.15) is 0 Å². The maximum Gasteiger partial charge on any atom is 0.276 e. The second kappa shape index (κ2) is 8.57. The number of carbonyl (C=O) groups excluding carboxylic acids is 2. The predicted molar refractivity (Wildman–Crippen MR) is 101 cm³/mol. The molecule has 3 aliphatic rings. The van der Waals surface area contributed by atoms with Crippen molar-refractivity contribution in [3.63, 3.8) is 0 Å².